The minimum atomic E-state index is 0.302. The third-order valence-electron chi connectivity index (χ3n) is 3.29. The molecule has 0 fully saturated rings. The summed E-state index contributed by atoms with van der Waals surface area (Å²) in [5.74, 6) is 0.302. The maximum atomic E-state index is 11.9. The predicted molar refractivity (Wildman–Crippen MR) is 74.0 cm³/mol. The van der Waals surface area contributed by atoms with E-state index < -0.39 is 0 Å². The van der Waals surface area contributed by atoms with E-state index in [9.17, 15) is 4.79 Å². The van der Waals surface area contributed by atoms with Gasteiger partial charge >= 0.3 is 0 Å². The molecule has 0 spiro atoms. The van der Waals surface area contributed by atoms with Crippen LogP contribution in [0.1, 0.15) is 28.9 Å². The number of thiophene rings is 1. The van der Waals surface area contributed by atoms with Crippen LogP contribution in [0.4, 0.5) is 0 Å². The van der Waals surface area contributed by atoms with Gasteiger partial charge in [-0.15, -0.1) is 0 Å². The SMILES string of the molecule is Cc1nn(C)c(C)c1CCC(=O)Cc1ccsc1. The molecule has 2 rings (SSSR count). The van der Waals surface area contributed by atoms with Gasteiger partial charge in [-0.3, -0.25) is 9.48 Å². The molecule has 2 aromatic heterocycles. The lowest BCUT2D eigenvalue weighted by molar-refractivity contribution is -0.118. The van der Waals surface area contributed by atoms with E-state index in [2.05, 4.69) is 12.0 Å². The Labute approximate surface area is 111 Å². The number of carbonyl (C=O) groups excluding carboxylic acids is 1. The van der Waals surface area contributed by atoms with Crippen molar-refractivity contribution >= 4 is 17.1 Å². The molecule has 2 heterocycles. The van der Waals surface area contributed by atoms with Crippen LogP contribution in [0.15, 0.2) is 16.8 Å². The standard InChI is InChI=1S/C14H18N2OS/c1-10-14(11(2)16(3)15-10)5-4-13(17)8-12-6-7-18-9-12/h6-7,9H,4-5,8H2,1-3H3. The Bertz CT molecular complexity index is 540. The second kappa shape index (κ2) is 5.48. The maximum absolute atomic E-state index is 11.9. The number of Topliss-reactive ketones (excluding diaryl/α,β-unsaturated/α-hetero) is 1. The van der Waals surface area contributed by atoms with E-state index in [1.165, 1.54) is 5.56 Å². The van der Waals surface area contributed by atoms with E-state index in [0.717, 1.165) is 23.4 Å². The highest BCUT2D eigenvalue weighted by Gasteiger charge is 2.11. The van der Waals surface area contributed by atoms with E-state index in [1.54, 1.807) is 11.3 Å². The van der Waals surface area contributed by atoms with Gasteiger partial charge in [0, 0.05) is 25.6 Å². The summed E-state index contributed by atoms with van der Waals surface area (Å²) < 4.78 is 1.88. The topological polar surface area (TPSA) is 34.9 Å². The molecule has 4 heteroatoms. The van der Waals surface area contributed by atoms with Crippen LogP contribution in [0.2, 0.25) is 0 Å². The van der Waals surface area contributed by atoms with Gasteiger partial charge in [-0.1, -0.05) is 0 Å². The van der Waals surface area contributed by atoms with Crippen LogP contribution in [0.25, 0.3) is 0 Å². The highest BCUT2D eigenvalue weighted by molar-refractivity contribution is 7.07. The highest BCUT2D eigenvalue weighted by atomic mass is 32.1. The van der Waals surface area contributed by atoms with Crippen LogP contribution in [0, 0.1) is 13.8 Å². The molecule has 0 aliphatic heterocycles. The molecule has 18 heavy (non-hydrogen) atoms. The number of nitrogens with zero attached hydrogens (tertiary/aromatic N) is 2. The Kier molecular flexibility index (Phi) is 3.97. The van der Waals surface area contributed by atoms with E-state index in [1.807, 2.05) is 35.5 Å². The number of aromatic nitrogens is 2. The third-order valence-corrected chi connectivity index (χ3v) is 4.03. The van der Waals surface area contributed by atoms with Crippen molar-refractivity contribution < 1.29 is 4.79 Å². The molecule has 0 saturated carbocycles. The van der Waals surface area contributed by atoms with Crippen molar-refractivity contribution in [3.8, 4) is 0 Å². The fraction of sp³-hybridized carbons (Fsp3) is 0.429. The predicted octanol–water partition coefficient (Wildman–Crippen LogP) is 2.84. The normalized spacial score (nSPS) is 10.8. The van der Waals surface area contributed by atoms with Crippen LogP contribution < -0.4 is 0 Å². The summed E-state index contributed by atoms with van der Waals surface area (Å²) in [5.41, 5.74) is 4.55. The Morgan fingerprint density at radius 2 is 2.22 bits per heavy atom. The first-order valence-electron chi connectivity index (χ1n) is 6.09. The average Bonchev–Trinajstić information content (AvgIpc) is 2.88. The molecule has 0 N–H and O–H groups in total. The number of carbonyl (C=O) groups is 1. The van der Waals surface area contributed by atoms with Gasteiger partial charge in [0.1, 0.15) is 5.78 Å². The van der Waals surface area contributed by atoms with Gasteiger partial charge in [0.05, 0.1) is 5.69 Å². The van der Waals surface area contributed by atoms with Gasteiger partial charge in [0.15, 0.2) is 0 Å². The van der Waals surface area contributed by atoms with Crippen molar-refractivity contribution in [2.75, 3.05) is 0 Å². The first-order valence-corrected chi connectivity index (χ1v) is 7.04. The lowest BCUT2D eigenvalue weighted by atomic mass is 10.0. The monoisotopic (exact) mass is 262 g/mol. The molecule has 0 radical (unpaired) electrons. The molecule has 0 saturated heterocycles. The fourth-order valence-electron chi connectivity index (χ4n) is 2.15. The largest absolute Gasteiger partial charge is 0.299 e. The van der Waals surface area contributed by atoms with Crippen molar-refractivity contribution in [1.82, 2.24) is 9.78 Å². The minimum absolute atomic E-state index is 0.302. The van der Waals surface area contributed by atoms with Gasteiger partial charge < -0.3 is 0 Å². The van der Waals surface area contributed by atoms with Crippen LogP contribution in [-0.2, 0) is 24.7 Å². The van der Waals surface area contributed by atoms with Gasteiger partial charge in [-0.05, 0) is 48.2 Å². The van der Waals surface area contributed by atoms with Crippen LogP contribution >= 0.6 is 11.3 Å². The summed E-state index contributed by atoms with van der Waals surface area (Å²) >= 11 is 1.64. The molecule has 0 aliphatic rings. The van der Waals surface area contributed by atoms with Crippen LogP contribution in [-0.4, -0.2) is 15.6 Å². The van der Waals surface area contributed by atoms with Crippen molar-refractivity contribution in [3.05, 3.63) is 39.3 Å². The lowest BCUT2D eigenvalue weighted by Gasteiger charge is -2.01. The fourth-order valence-corrected chi connectivity index (χ4v) is 2.82. The number of hydrogen-bond donors (Lipinski definition) is 0. The zero-order valence-electron chi connectivity index (χ0n) is 11.1. The smallest absolute Gasteiger partial charge is 0.137 e. The molecule has 3 nitrogen and oxygen atoms in total. The summed E-state index contributed by atoms with van der Waals surface area (Å²) in [4.78, 5) is 11.9. The van der Waals surface area contributed by atoms with Gasteiger partial charge in [0.2, 0.25) is 0 Å². The van der Waals surface area contributed by atoms with Crippen LogP contribution in [0.3, 0.4) is 0 Å². The molecule has 0 bridgehead atoms. The number of ketones is 1. The molecular formula is C14H18N2OS. The van der Waals surface area contributed by atoms with Crippen molar-refractivity contribution in [1.29, 1.82) is 0 Å². The second-order valence-electron chi connectivity index (χ2n) is 4.62. The van der Waals surface area contributed by atoms with Gasteiger partial charge in [0.25, 0.3) is 0 Å². The molecule has 0 aromatic carbocycles. The third kappa shape index (κ3) is 2.88. The Morgan fingerprint density at radius 1 is 1.44 bits per heavy atom. The molecule has 0 atom stereocenters. The summed E-state index contributed by atoms with van der Waals surface area (Å²) in [6, 6.07) is 2.02. The highest BCUT2D eigenvalue weighted by Crippen LogP contribution is 2.15. The Morgan fingerprint density at radius 3 is 2.78 bits per heavy atom. The zero-order valence-corrected chi connectivity index (χ0v) is 11.9. The van der Waals surface area contributed by atoms with Crippen molar-refractivity contribution in [3.63, 3.8) is 0 Å². The summed E-state index contributed by atoms with van der Waals surface area (Å²) in [5, 5.41) is 8.42. The second-order valence-corrected chi connectivity index (χ2v) is 5.40. The van der Waals surface area contributed by atoms with Crippen LogP contribution in [0.5, 0.6) is 0 Å². The first-order chi connectivity index (χ1) is 8.58. The molecule has 0 unspecified atom stereocenters. The summed E-state index contributed by atoms with van der Waals surface area (Å²) in [6.45, 7) is 4.06. The van der Waals surface area contributed by atoms with E-state index in [-0.39, 0.29) is 0 Å². The van der Waals surface area contributed by atoms with Crippen molar-refractivity contribution in [2.45, 2.75) is 33.1 Å². The average molecular weight is 262 g/mol. The van der Waals surface area contributed by atoms with E-state index in [4.69, 9.17) is 0 Å². The molecular weight excluding hydrogens is 244 g/mol. The summed E-state index contributed by atoms with van der Waals surface area (Å²) in [6.07, 6.45) is 1.96. The molecule has 0 amide bonds. The quantitative estimate of drug-likeness (QED) is 0.830. The van der Waals surface area contributed by atoms with Gasteiger partial charge in [-0.2, -0.15) is 16.4 Å². The zero-order chi connectivity index (χ0) is 13.1. The molecule has 0 aliphatic carbocycles. The lowest BCUT2D eigenvalue weighted by Crippen LogP contribution is -2.04. The summed E-state index contributed by atoms with van der Waals surface area (Å²) in [7, 11) is 1.94. The Balaban J connectivity index is 1.93. The minimum Gasteiger partial charge on any atom is -0.299 e. The first kappa shape index (κ1) is 13.0. The Hall–Kier alpha value is -1.42. The molecule has 96 valence electrons. The van der Waals surface area contributed by atoms with E-state index >= 15 is 0 Å². The number of hydrogen-bond acceptors (Lipinski definition) is 3. The molecule has 2 aromatic rings. The number of rotatable bonds is 5. The number of aryl methyl sites for hydroxylation is 2. The van der Waals surface area contributed by atoms with Gasteiger partial charge in [-0.25, -0.2) is 0 Å². The maximum Gasteiger partial charge on any atom is 0.137 e. The van der Waals surface area contributed by atoms with E-state index in [0.29, 0.717) is 18.6 Å². The van der Waals surface area contributed by atoms with Crippen molar-refractivity contribution in [2.24, 2.45) is 7.05 Å².